The van der Waals surface area contributed by atoms with E-state index >= 15 is 0 Å². The van der Waals surface area contributed by atoms with Crippen molar-refractivity contribution in [2.75, 3.05) is 0 Å². The van der Waals surface area contributed by atoms with Crippen LogP contribution in [0.1, 0.15) is 69.4 Å². The lowest BCUT2D eigenvalue weighted by Gasteiger charge is -2.38. The van der Waals surface area contributed by atoms with Crippen LogP contribution in [-0.4, -0.2) is 21.6 Å². The van der Waals surface area contributed by atoms with Crippen LogP contribution >= 0.6 is 0 Å². The van der Waals surface area contributed by atoms with E-state index in [0.29, 0.717) is 24.8 Å². The van der Waals surface area contributed by atoms with Gasteiger partial charge in [-0.15, -0.1) is 0 Å². The summed E-state index contributed by atoms with van der Waals surface area (Å²) in [5, 5.41) is 22.2. The Morgan fingerprint density at radius 2 is 1.88 bits per heavy atom. The summed E-state index contributed by atoms with van der Waals surface area (Å²) in [5.41, 5.74) is 1.34. The molecule has 2 aromatic rings. The molecule has 1 aliphatic heterocycles. The number of hydrogen-bond donors (Lipinski definition) is 1. The SMILES string of the molecule is CCC[C@@]1(CCCc2ccccc2)CC(O)=C([C@H](CC)c2cccc([N+](=O)[O-])c2)C(=O)O1. The first-order valence-electron chi connectivity index (χ1n) is 11.3. The van der Waals surface area contributed by atoms with Crippen molar-refractivity contribution in [1.29, 1.82) is 0 Å². The average Bonchev–Trinajstić information content (AvgIpc) is 2.77. The molecule has 0 spiro atoms. The largest absolute Gasteiger partial charge is 0.512 e. The van der Waals surface area contributed by atoms with Crippen LogP contribution in [0, 0.1) is 10.1 Å². The minimum Gasteiger partial charge on any atom is -0.512 e. The summed E-state index contributed by atoms with van der Waals surface area (Å²) in [6.45, 7) is 3.94. The first-order valence-corrected chi connectivity index (χ1v) is 11.3. The molecule has 1 heterocycles. The number of aryl methyl sites for hydroxylation is 1. The Hall–Kier alpha value is -3.15. The van der Waals surface area contributed by atoms with Gasteiger partial charge in [-0.3, -0.25) is 10.1 Å². The van der Waals surface area contributed by atoms with E-state index in [-0.39, 0.29) is 23.4 Å². The number of aliphatic hydroxyl groups excluding tert-OH is 1. The fourth-order valence-corrected chi connectivity index (χ4v) is 4.73. The molecular formula is C26H31NO5. The van der Waals surface area contributed by atoms with Crippen molar-refractivity contribution >= 4 is 11.7 Å². The lowest BCUT2D eigenvalue weighted by atomic mass is 9.80. The monoisotopic (exact) mass is 437 g/mol. The molecule has 0 saturated carbocycles. The van der Waals surface area contributed by atoms with Gasteiger partial charge >= 0.3 is 5.97 Å². The molecule has 2 aromatic carbocycles. The molecule has 6 heteroatoms. The summed E-state index contributed by atoms with van der Waals surface area (Å²) in [7, 11) is 0. The minimum absolute atomic E-state index is 0.0357. The van der Waals surface area contributed by atoms with Crippen molar-refractivity contribution in [1.82, 2.24) is 0 Å². The third kappa shape index (κ3) is 5.36. The van der Waals surface area contributed by atoms with Gasteiger partial charge in [0.05, 0.1) is 10.5 Å². The van der Waals surface area contributed by atoms with Crippen LogP contribution in [0.25, 0.3) is 0 Å². The lowest BCUT2D eigenvalue weighted by molar-refractivity contribution is -0.384. The number of esters is 1. The van der Waals surface area contributed by atoms with Crippen molar-refractivity contribution in [3.05, 3.63) is 87.2 Å². The van der Waals surface area contributed by atoms with E-state index in [0.717, 1.165) is 19.3 Å². The van der Waals surface area contributed by atoms with Gasteiger partial charge in [0.2, 0.25) is 0 Å². The van der Waals surface area contributed by atoms with Crippen molar-refractivity contribution in [3.63, 3.8) is 0 Å². The number of non-ortho nitro benzene ring substituents is 1. The van der Waals surface area contributed by atoms with Crippen LogP contribution in [0.2, 0.25) is 0 Å². The highest BCUT2D eigenvalue weighted by atomic mass is 16.6. The van der Waals surface area contributed by atoms with Crippen LogP contribution in [0.3, 0.4) is 0 Å². The maximum Gasteiger partial charge on any atom is 0.338 e. The van der Waals surface area contributed by atoms with Gasteiger partial charge in [0, 0.05) is 24.5 Å². The Bertz CT molecular complexity index is 985. The molecule has 1 aliphatic rings. The van der Waals surface area contributed by atoms with E-state index in [4.69, 9.17) is 4.74 Å². The number of rotatable bonds is 10. The van der Waals surface area contributed by atoms with Gasteiger partial charge in [0.15, 0.2) is 0 Å². The number of nitrogens with zero attached hydrogens (tertiary/aromatic N) is 1. The van der Waals surface area contributed by atoms with E-state index in [1.54, 1.807) is 12.1 Å². The van der Waals surface area contributed by atoms with Gasteiger partial charge in [-0.2, -0.15) is 0 Å². The predicted molar refractivity (Wildman–Crippen MR) is 124 cm³/mol. The summed E-state index contributed by atoms with van der Waals surface area (Å²) in [5.74, 6) is -0.917. The Morgan fingerprint density at radius 1 is 1.12 bits per heavy atom. The van der Waals surface area contributed by atoms with Crippen LogP contribution in [0.4, 0.5) is 5.69 Å². The van der Waals surface area contributed by atoms with Crippen molar-refractivity contribution in [2.45, 2.75) is 70.3 Å². The van der Waals surface area contributed by atoms with E-state index < -0.39 is 22.4 Å². The molecule has 6 nitrogen and oxygen atoms in total. The fraction of sp³-hybridized carbons (Fsp3) is 0.423. The van der Waals surface area contributed by atoms with Crippen molar-refractivity contribution in [2.24, 2.45) is 0 Å². The first kappa shape index (κ1) is 23.5. The number of hydrogen-bond acceptors (Lipinski definition) is 5. The summed E-state index contributed by atoms with van der Waals surface area (Å²) < 4.78 is 6.03. The van der Waals surface area contributed by atoms with Crippen LogP contribution in [0.15, 0.2) is 65.9 Å². The summed E-state index contributed by atoms with van der Waals surface area (Å²) in [6, 6.07) is 16.4. The van der Waals surface area contributed by atoms with Gasteiger partial charge in [0.25, 0.3) is 5.69 Å². The number of aliphatic hydroxyl groups is 1. The highest BCUT2D eigenvalue weighted by Gasteiger charge is 2.43. The normalized spacial score (nSPS) is 19.5. The minimum atomic E-state index is -0.713. The molecule has 0 bridgehead atoms. The Morgan fingerprint density at radius 3 is 2.50 bits per heavy atom. The molecule has 0 radical (unpaired) electrons. The molecule has 0 amide bonds. The van der Waals surface area contributed by atoms with Crippen LogP contribution in [-0.2, 0) is 16.0 Å². The zero-order chi connectivity index (χ0) is 23.1. The van der Waals surface area contributed by atoms with Crippen LogP contribution < -0.4 is 0 Å². The molecule has 1 N–H and O–H groups in total. The maximum atomic E-state index is 13.1. The van der Waals surface area contributed by atoms with Gasteiger partial charge < -0.3 is 9.84 Å². The lowest BCUT2D eigenvalue weighted by Crippen LogP contribution is -2.41. The highest BCUT2D eigenvalue weighted by Crippen LogP contribution is 2.42. The van der Waals surface area contributed by atoms with Crippen molar-refractivity contribution < 1.29 is 19.6 Å². The fourth-order valence-electron chi connectivity index (χ4n) is 4.73. The number of nitro benzene ring substituents is 1. The molecule has 0 aromatic heterocycles. The molecular weight excluding hydrogens is 406 g/mol. The average molecular weight is 438 g/mol. The van der Waals surface area contributed by atoms with Gasteiger partial charge in [0.1, 0.15) is 11.4 Å². The number of carbonyl (C=O) groups excluding carboxylic acids is 1. The zero-order valence-corrected chi connectivity index (χ0v) is 18.8. The molecule has 0 unspecified atom stereocenters. The molecule has 0 saturated heterocycles. The molecule has 0 fully saturated rings. The number of nitro groups is 1. The summed E-state index contributed by atoms with van der Waals surface area (Å²) in [6.07, 6.45) is 4.72. The van der Waals surface area contributed by atoms with E-state index in [1.165, 1.54) is 17.7 Å². The summed E-state index contributed by atoms with van der Waals surface area (Å²) >= 11 is 0. The summed E-state index contributed by atoms with van der Waals surface area (Å²) in [4.78, 5) is 23.9. The van der Waals surface area contributed by atoms with E-state index in [2.05, 4.69) is 12.1 Å². The number of ether oxygens (including phenoxy) is 1. The maximum absolute atomic E-state index is 13.1. The molecule has 0 aliphatic carbocycles. The van der Waals surface area contributed by atoms with E-state index in [9.17, 15) is 20.0 Å². The van der Waals surface area contributed by atoms with Crippen LogP contribution in [0.5, 0.6) is 0 Å². The first-order chi connectivity index (χ1) is 15.4. The highest BCUT2D eigenvalue weighted by molar-refractivity contribution is 5.92. The molecule has 170 valence electrons. The molecule has 3 rings (SSSR count). The number of carbonyl (C=O) groups is 1. The smallest absolute Gasteiger partial charge is 0.338 e. The predicted octanol–water partition coefficient (Wildman–Crippen LogP) is 6.41. The van der Waals surface area contributed by atoms with Gasteiger partial charge in [-0.1, -0.05) is 62.7 Å². The Kier molecular flexibility index (Phi) is 7.67. The molecule has 32 heavy (non-hydrogen) atoms. The Balaban J connectivity index is 1.83. The topological polar surface area (TPSA) is 89.7 Å². The standard InChI is InChI=1S/C26H31NO5/c1-3-15-26(16-9-12-19-10-6-5-7-11-19)18-23(28)24(25(29)32-26)22(4-2)20-13-8-14-21(17-20)27(30)31/h5-8,10-11,13-14,17,22,28H,3-4,9,12,15-16,18H2,1-2H3/t22-,26-/m1/s1. The van der Waals surface area contributed by atoms with Gasteiger partial charge in [-0.05, 0) is 43.2 Å². The van der Waals surface area contributed by atoms with Gasteiger partial charge in [-0.25, -0.2) is 4.79 Å². The third-order valence-electron chi connectivity index (χ3n) is 6.22. The number of benzene rings is 2. The second kappa shape index (κ2) is 10.4. The quantitative estimate of drug-likeness (QED) is 0.263. The molecule has 2 atom stereocenters. The second-order valence-corrected chi connectivity index (χ2v) is 8.51. The third-order valence-corrected chi connectivity index (χ3v) is 6.22. The van der Waals surface area contributed by atoms with Crippen molar-refractivity contribution in [3.8, 4) is 0 Å². The second-order valence-electron chi connectivity index (χ2n) is 8.51. The van der Waals surface area contributed by atoms with E-state index in [1.807, 2.05) is 32.0 Å². The Labute approximate surface area is 189 Å². The number of cyclic esters (lactones) is 1. The zero-order valence-electron chi connectivity index (χ0n) is 18.8.